The molecule has 2 rings (SSSR count). The van der Waals surface area contributed by atoms with Crippen LogP contribution in [0.5, 0.6) is 0 Å². The van der Waals surface area contributed by atoms with Crippen LogP contribution in [0.15, 0.2) is 22.0 Å². The van der Waals surface area contributed by atoms with Crippen LogP contribution in [0.2, 0.25) is 0 Å². The SMILES string of the molecule is O=C1CON=C(c2ccsc2)N1. The first-order valence-corrected chi connectivity index (χ1v) is 4.33. The number of hydrogen-bond donors (Lipinski definition) is 1. The zero-order valence-corrected chi connectivity index (χ0v) is 6.93. The summed E-state index contributed by atoms with van der Waals surface area (Å²) in [6.45, 7) is 0.00758. The molecule has 1 amide bonds. The molecule has 0 aliphatic carbocycles. The van der Waals surface area contributed by atoms with E-state index >= 15 is 0 Å². The molecule has 0 aromatic carbocycles. The molecule has 0 bridgehead atoms. The molecule has 0 atom stereocenters. The van der Waals surface area contributed by atoms with Crippen LogP contribution in [-0.4, -0.2) is 18.3 Å². The van der Waals surface area contributed by atoms with Gasteiger partial charge in [0.25, 0.3) is 5.91 Å². The van der Waals surface area contributed by atoms with Gasteiger partial charge >= 0.3 is 0 Å². The molecule has 2 heterocycles. The summed E-state index contributed by atoms with van der Waals surface area (Å²) in [7, 11) is 0. The van der Waals surface area contributed by atoms with E-state index in [1.54, 1.807) is 11.3 Å². The summed E-state index contributed by atoms with van der Waals surface area (Å²) in [4.78, 5) is 15.6. The van der Waals surface area contributed by atoms with Crippen LogP contribution in [0, 0.1) is 0 Å². The fourth-order valence-electron chi connectivity index (χ4n) is 0.871. The lowest BCUT2D eigenvalue weighted by Crippen LogP contribution is -2.37. The molecular weight excluding hydrogens is 176 g/mol. The summed E-state index contributed by atoms with van der Waals surface area (Å²) in [5, 5.41) is 10.1. The van der Waals surface area contributed by atoms with Gasteiger partial charge in [-0.3, -0.25) is 4.79 Å². The van der Waals surface area contributed by atoms with Crippen LogP contribution in [0.1, 0.15) is 5.56 Å². The number of amidine groups is 1. The summed E-state index contributed by atoms with van der Waals surface area (Å²) < 4.78 is 0. The third kappa shape index (κ3) is 1.31. The van der Waals surface area contributed by atoms with E-state index in [0.29, 0.717) is 5.84 Å². The van der Waals surface area contributed by atoms with Crippen LogP contribution < -0.4 is 5.32 Å². The fourth-order valence-corrected chi connectivity index (χ4v) is 1.51. The first-order chi connectivity index (χ1) is 5.86. The highest BCUT2D eigenvalue weighted by Gasteiger charge is 2.14. The predicted octanol–water partition coefficient (Wildman–Crippen LogP) is 0.556. The Balaban J connectivity index is 2.24. The zero-order chi connectivity index (χ0) is 8.39. The van der Waals surface area contributed by atoms with Gasteiger partial charge in [-0.2, -0.15) is 11.3 Å². The number of nitrogens with one attached hydrogen (secondary N) is 1. The summed E-state index contributed by atoms with van der Waals surface area (Å²) in [6, 6.07) is 1.87. The van der Waals surface area contributed by atoms with Crippen LogP contribution in [-0.2, 0) is 9.63 Å². The van der Waals surface area contributed by atoms with Crippen LogP contribution in [0.3, 0.4) is 0 Å². The lowest BCUT2D eigenvalue weighted by molar-refractivity contribution is -0.125. The third-order valence-corrected chi connectivity index (χ3v) is 2.09. The number of thiophene rings is 1. The number of hydrogen-bond acceptors (Lipinski definition) is 4. The number of oxime groups is 1. The van der Waals surface area contributed by atoms with Crippen molar-refractivity contribution < 1.29 is 9.63 Å². The van der Waals surface area contributed by atoms with Crippen molar-refractivity contribution in [2.45, 2.75) is 0 Å². The fraction of sp³-hybridized carbons (Fsp3) is 0.143. The maximum Gasteiger partial charge on any atom is 0.266 e. The quantitative estimate of drug-likeness (QED) is 0.689. The summed E-state index contributed by atoms with van der Waals surface area (Å²) >= 11 is 1.55. The summed E-state index contributed by atoms with van der Waals surface area (Å²) in [5.74, 6) is 0.332. The summed E-state index contributed by atoms with van der Waals surface area (Å²) in [5.41, 5.74) is 0.882. The molecule has 1 aliphatic heterocycles. The minimum absolute atomic E-state index is 0.00758. The number of rotatable bonds is 1. The highest BCUT2D eigenvalue weighted by molar-refractivity contribution is 7.08. The molecule has 1 N–H and O–H groups in total. The average molecular weight is 182 g/mol. The Morgan fingerprint density at radius 2 is 2.58 bits per heavy atom. The van der Waals surface area contributed by atoms with Gasteiger partial charge in [0.1, 0.15) is 0 Å². The molecule has 1 aromatic heterocycles. The van der Waals surface area contributed by atoms with Crippen molar-refractivity contribution in [3.63, 3.8) is 0 Å². The third-order valence-electron chi connectivity index (χ3n) is 1.40. The van der Waals surface area contributed by atoms with Crippen molar-refractivity contribution in [1.29, 1.82) is 0 Å². The molecule has 0 radical (unpaired) electrons. The highest BCUT2D eigenvalue weighted by Crippen LogP contribution is 2.07. The molecule has 0 unspecified atom stereocenters. The maximum absolute atomic E-state index is 10.9. The molecule has 0 saturated heterocycles. The van der Waals surface area contributed by atoms with Gasteiger partial charge < -0.3 is 10.2 Å². The molecule has 12 heavy (non-hydrogen) atoms. The average Bonchev–Trinajstić information content (AvgIpc) is 2.56. The van der Waals surface area contributed by atoms with Crippen LogP contribution >= 0.6 is 11.3 Å². The smallest absolute Gasteiger partial charge is 0.266 e. The lowest BCUT2D eigenvalue weighted by Gasteiger charge is -2.11. The molecule has 0 saturated carbocycles. The van der Waals surface area contributed by atoms with Gasteiger partial charge in [0.05, 0.1) is 0 Å². The molecule has 0 spiro atoms. The van der Waals surface area contributed by atoms with Crippen molar-refractivity contribution in [1.82, 2.24) is 5.32 Å². The van der Waals surface area contributed by atoms with Crippen molar-refractivity contribution in [2.24, 2.45) is 5.16 Å². The van der Waals surface area contributed by atoms with E-state index in [-0.39, 0.29) is 12.5 Å². The molecule has 62 valence electrons. The van der Waals surface area contributed by atoms with Crippen LogP contribution in [0.25, 0.3) is 0 Å². The Morgan fingerprint density at radius 3 is 3.25 bits per heavy atom. The minimum atomic E-state index is -0.161. The first-order valence-electron chi connectivity index (χ1n) is 3.38. The van der Waals surface area contributed by atoms with Gasteiger partial charge in [-0.05, 0) is 11.4 Å². The van der Waals surface area contributed by atoms with Gasteiger partial charge in [-0.1, -0.05) is 5.16 Å². The van der Waals surface area contributed by atoms with Crippen molar-refractivity contribution >= 4 is 23.1 Å². The largest absolute Gasteiger partial charge is 0.384 e. The Kier molecular flexibility index (Phi) is 1.79. The standard InChI is InChI=1S/C7H6N2O2S/c10-6-3-11-9-7(8-6)5-1-2-12-4-5/h1-2,4H,3H2,(H,8,9,10). The molecule has 1 aromatic rings. The second-order valence-corrected chi connectivity index (χ2v) is 3.05. The molecule has 1 aliphatic rings. The number of carbonyl (C=O) groups is 1. The topological polar surface area (TPSA) is 50.7 Å². The Labute approximate surface area is 72.8 Å². The second-order valence-electron chi connectivity index (χ2n) is 2.27. The van der Waals surface area contributed by atoms with Crippen molar-refractivity contribution in [3.8, 4) is 0 Å². The van der Waals surface area contributed by atoms with Gasteiger partial charge in [0.2, 0.25) is 0 Å². The second kappa shape index (κ2) is 2.94. The van der Waals surface area contributed by atoms with E-state index < -0.39 is 0 Å². The number of carbonyl (C=O) groups excluding carboxylic acids is 1. The highest BCUT2D eigenvalue weighted by atomic mass is 32.1. The minimum Gasteiger partial charge on any atom is -0.384 e. The molecule has 0 fully saturated rings. The molecule has 4 nitrogen and oxygen atoms in total. The first kappa shape index (κ1) is 7.30. The van der Waals surface area contributed by atoms with E-state index in [9.17, 15) is 4.79 Å². The Bertz CT molecular complexity index is 318. The van der Waals surface area contributed by atoms with Gasteiger partial charge in [-0.15, -0.1) is 0 Å². The maximum atomic E-state index is 10.9. The monoisotopic (exact) mass is 182 g/mol. The number of nitrogens with zero attached hydrogens (tertiary/aromatic N) is 1. The van der Waals surface area contributed by atoms with E-state index in [4.69, 9.17) is 4.84 Å². The zero-order valence-electron chi connectivity index (χ0n) is 6.11. The number of amides is 1. The van der Waals surface area contributed by atoms with Crippen LogP contribution in [0.4, 0.5) is 0 Å². The van der Waals surface area contributed by atoms with E-state index in [1.165, 1.54) is 0 Å². The van der Waals surface area contributed by atoms with E-state index in [2.05, 4.69) is 10.5 Å². The van der Waals surface area contributed by atoms with Crippen molar-refractivity contribution in [2.75, 3.05) is 6.61 Å². The van der Waals surface area contributed by atoms with Gasteiger partial charge in [0, 0.05) is 10.9 Å². The predicted molar refractivity (Wildman–Crippen MR) is 45.0 cm³/mol. The van der Waals surface area contributed by atoms with E-state index in [0.717, 1.165) is 5.56 Å². The van der Waals surface area contributed by atoms with Gasteiger partial charge in [0.15, 0.2) is 12.4 Å². The summed E-state index contributed by atoms with van der Waals surface area (Å²) in [6.07, 6.45) is 0. The molecule has 5 heteroatoms. The lowest BCUT2D eigenvalue weighted by atomic mass is 10.3. The Hall–Kier alpha value is -1.36. The van der Waals surface area contributed by atoms with E-state index in [1.807, 2.05) is 16.8 Å². The van der Waals surface area contributed by atoms with Crippen molar-refractivity contribution in [3.05, 3.63) is 22.4 Å². The Morgan fingerprint density at radius 1 is 1.67 bits per heavy atom. The molecular formula is C7H6N2O2S. The van der Waals surface area contributed by atoms with Gasteiger partial charge in [-0.25, -0.2) is 0 Å². The normalized spacial score (nSPS) is 16.3.